The van der Waals surface area contributed by atoms with Crippen molar-refractivity contribution < 1.29 is 4.79 Å². The van der Waals surface area contributed by atoms with Crippen LogP contribution in [0.15, 0.2) is 0 Å². The van der Waals surface area contributed by atoms with Crippen molar-refractivity contribution in [1.82, 2.24) is 10.2 Å². The molecule has 0 spiro atoms. The molecular weight excluding hydrogens is 256 g/mol. The lowest BCUT2D eigenvalue weighted by molar-refractivity contribution is -0.129. The average Bonchev–Trinajstić information content (AvgIpc) is 2.78. The van der Waals surface area contributed by atoms with Gasteiger partial charge in [-0.05, 0) is 25.5 Å². The first kappa shape index (κ1) is 15.2. The predicted octanol–water partition coefficient (Wildman–Crippen LogP) is 3.00. The molecule has 2 rings (SSSR count). The van der Waals surface area contributed by atoms with Crippen molar-refractivity contribution in [2.45, 2.75) is 69.1 Å². The molecule has 3 nitrogen and oxygen atoms in total. The van der Waals surface area contributed by atoms with Crippen molar-refractivity contribution in [3.05, 3.63) is 0 Å². The molecule has 4 heteroatoms. The molecule has 2 aliphatic rings. The predicted molar refractivity (Wildman–Crippen MR) is 82.4 cm³/mol. The number of hydrogen-bond acceptors (Lipinski definition) is 3. The van der Waals surface area contributed by atoms with Gasteiger partial charge in [0.25, 0.3) is 0 Å². The summed E-state index contributed by atoms with van der Waals surface area (Å²) >= 11 is 1.98. The molecule has 1 saturated carbocycles. The first-order chi connectivity index (χ1) is 9.21. The van der Waals surface area contributed by atoms with Gasteiger partial charge in [0.2, 0.25) is 5.91 Å². The molecule has 110 valence electrons. The number of thioether (sulfide) groups is 1. The third-order valence-electron chi connectivity index (χ3n) is 4.66. The van der Waals surface area contributed by atoms with Gasteiger partial charge in [-0.3, -0.25) is 10.1 Å². The highest BCUT2D eigenvalue weighted by atomic mass is 32.2. The number of hydrogen-bond donors (Lipinski definition) is 1. The maximum Gasteiger partial charge on any atom is 0.240 e. The highest BCUT2D eigenvalue weighted by molar-refractivity contribution is 8.00. The average molecular weight is 284 g/mol. The second kappa shape index (κ2) is 6.98. The van der Waals surface area contributed by atoms with Crippen molar-refractivity contribution in [3.63, 3.8) is 0 Å². The van der Waals surface area contributed by atoms with Crippen molar-refractivity contribution >= 4 is 17.7 Å². The van der Waals surface area contributed by atoms with Gasteiger partial charge in [-0.1, -0.05) is 39.0 Å². The standard InChI is InChI=1S/C15H28N2OS/c1-3-4-8-13-14(18)17(12-16-13)11-15(19-2)9-6-5-7-10-15/h13,16H,3-12H2,1-2H3. The molecular formula is C15H28N2OS. The van der Waals surface area contributed by atoms with E-state index in [9.17, 15) is 4.79 Å². The number of amides is 1. The van der Waals surface area contributed by atoms with Crippen LogP contribution in [0.5, 0.6) is 0 Å². The van der Waals surface area contributed by atoms with E-state index in [1.54, 1.807) is 0 Å². The Morgan fingerprint density at radius 2 is 2.11 bits per heavy atom. The van der Waals surface area contributed by atoms with Gasteiger partial charge in [0.05, 0.1) is 12.7 Å². The minimum absolute atomic E-state index is 0.0856. The molecule has 0 bridgehead atoms. The van der Waals surface area contributed by atoms with Gasteiger partial charge in [-0.2, -0.15) is 11.8 Å². The van der Waals surface area contributed by atoms with Gasteiger partial charge >= 0.3 is 0 Å². The number of unbranched alkanes of at least 4 members (excludes halogenated alkanes) is 1. The highest BCUT2D eigenvalue weighted by Gasteiger charge is 2.38. The summed E-state index contributed by atoms with van der Waals surface area (Å²) in [6.07, 6.45) is 12.1. The summed E-state index contributed by atoms with van der Waals surface area (Å²) in [5.41, 5.74) is 0. The number of carbonyl (C=O) groups is 1. The Hall–Kier alpha value is -0.220. The molecule has 2 fully saturated rings. The largest absolute Gasteiger partial charge is 0.327 e. The number of nitrogens with one attached hydrogen (secondary N) is 1. The molecule has 1 heterocycles. The molecule has 1 unspecified atom stereocenters. The van der Waals surface area contributed by atoms with Crippen LogP contribution in [-0.2, 0) is 4.79 Å². The first-order valence-electron chi connectivity index (χ1n) is 7.78. The Labute approximate surface area is 121 Å². The van der Waals surface area contributed by atoms with E-state index in [1.807, 2.05) is 11.8 Å². The van der Waals surface area contributed by atoms with Gasteiger partial charge in [-0.15, -0.1) is 0 Å². The molecule has 1 atom stereocenters. The number of nitrogens with zero attached hydrogens (tertiary/aromatic N) is 1. The van der Waals surface area contributed by atoms with Crippen LogP contribution in [0.2, 0.25) is 0 Å². The van der Waals surface area contributed by atoms with Crippen LogP contribution in [0.3, 0.4) is 0 Å². The van der Waals surface area contributed by atoms with E-state index in [4.69, 9.17) is 0 Å². The maximum absolute atomic E-state index is 12.4. The number of rotatable bonds is 6. The molecule has 1 saturated heterocycles. The van der Waals surface area contributed by atoms with Gasteiger partial charge in [0, 0.05) is 11.3 Å². The molecule has 1 aliphatic heterocycles. The van der Waals surface area contributed by atoms with Crippen LogP contribution >= 0.6 is 11.8 Å². The monoisotopic (exact) mass is 284 g/mol. The van der Waals surface area contributed by atoms with E-state index < -0.39 is 0 Å². The first-order valence-corrected chi connectivity index (χ1v) is 9.00. The van der Waals surface area contributed by atoms with E-state index in [1.165, 1.54) is 38.5 Å². The normalized spacial score (nSPS) is 26.9. The number of carbonyl (C=O) groups excluding carboxylic acids is 1. The van der Waals surface area contributed by atoms with E-state index >= 15 is 0 Å². The van der Waals surface area contributed by atoms with Gasteiger partial charge in [0.15, 0.2) is 0 Å². The van der Waals surface area contributed by atoms with Crippen molar-refractivity contribution in [3.8, 4) is 0 Å². The fraction of sp³-hybridized carbons (Fsp3) is 0.933. The van der Waals surface area contributed by atoms with Crippen LogP contribution in [0.1, 0.15) is 58.3 Å². The zero-order chi connectivity index (χ0) is 13.7. The van der Waals surface area contributed by atoms with Gasteiger partial charge in [0.1, 0.15) is 0 Å². The Kier molecular flexibility index (Phi) is 5.58. The zero-order valence-electron chi connectivity index (χ0n) is 12.4. The Balaban J connectivity index is 1.90. The molecule has 1 N–H and O–H groups in total. The smallest absolute Gasteiger partial charge is 0.240 e. The third-order valence-corrected chi connectivity index (χ3v) is 6.06. The fourth-order valence-electron chi connectivity index (χ4n) is 3.34. The molecule has 0 aromatic rings. The third kappa shape index (κ3) is 3.66. The second-order valence-corrected chi connectivity index (χ2v) is 7.32. The minimum atomic E-state index is 0.0856. The molecule has 0 radical (unpaired) electrons. The molecule has 0 aromatic heterocycles. The van der Waals surface area contributed by atoms with Crippen LogP contribution in [0, 0.1) is 0 Å². The Morgan fingerprint density at radius 3 is 2.74 bits per heavy atom. The summed E-state index contributed by atoms with van der Waals surface area (Å²) in [6, 6.07) is 0.0856. The van der Waals surface area contributed by atoms with E-state index in [2.05, 4.69) is 23.4 Å². The van der Waals surface area contributed by atoms with E-state index in [0.29, 0.717) is 10.7 Å². The van der Waals surface area contributed by atoms with Crippen LogP contribution in [-0.4, -0.2) is 41.1 Å². The molecule has 19 heavy (non-hydrogen) atoms. The lowest BCUT2D eigenvalue weighted by Gasteiger charge is -2.38. The summed E-state index contributed by atoms with van der Waals surface area (Å²) in [4.78, 5) is 14.5. The molecule has 0 aromatic carbocycles. The lowest BCUT2D eigenvalue weighted by atomic mass is 9.88. The summed E-state index contributed by atoms with van der Waals surface area (Å²) in [7, 11) is 0. The zero-order valence-corrected chi connectivity index (χ0v) is 13.2. The van der Waals surface area contributed by atoms with E-state index in [-0.39, 0.29) is 6.04 Å². The van der Waals surface area contributed by atoms with Crippen molar-refractivity contribution in [1.29, 1.82) is 0 Å². The molecule has 1 aliphatic carbocycles. The second-order valence-electron chi connectivity index (χ2n) is 6.04. The summed E-state index contributed by atoms with van der Waals surface area (Å²) in [5.74, 6) is 0.340. The fourth-order valence-corrected chi connectivity index (χ4v) is 4.33. The van der Waals surface area contributed by atoms with Crippen LogP contribution < -0.4 is 5.32 Å². The van der Waals surface area contributed by atoms with Crippen molar-refractivity contribution in [2.75, 3.05) is 19.5 Å². The Bertz CT molecular complexity index is 303. The van der Waals surface area contributed by atoms with Crippen molar-refractivity contribution in [2.24, 2.45) is 0 Å². The maximum atomic E-state index is 12.4. The summed E-state index contributed by atoms with van der Waals surface area (Å²) in [6.45, 7) is 3.89. The topological polar surface area (TPSA) is 32.3 Å². The quantitative estimate of drug-likeness (QED) is 0.814. The van der Waals surface area contributed by atoms with E-state index in [0.717, 1.165) is 26.1 Å². The lowest BCUT2D eigenvalue weighted by Crippen LogP contribution is -2.43. The Morgan fingerprint density at radius 1 is 1.37 bits per heavy atom. The minimum Gasteiger partial charge on any atom is -0.327 e. The van der Waals surface area contributed by atoms with Gasteiger partial charge < -0.3 is 4.90 Å². The SMILES string of the molecule is CCCCC1NCN(CC2(SC)CCCCC2)C1=O. The summed E-state index contributed by atoms with van der Waals surface area (Å²) in [5, 5.41) is 3.39. The molecule has 1 amide bonds. The summed E-state index contributed by atoms with van der Waals surface area (Å²) < 4.78 is 0.329. The highest BCUT2D eigenvalue weighted by Crippen LogP contribution is 2.39. The van der Waals surface area contributed by atoms with Crippen LogP contribution in [0.4, 0.5) is 0 Å². The van der Waals surface area contributed by atoms with Gasteiger partial charge in [-0.25, -0.2) is 0 Å². The van der Waals surface area contributed by atoms with Crippen LogP contribution in [0.25, 0.3) is 0 Å².